The van der Waals surface area contributed by atoms with Crippen LogP contribution in [0.1, 0.15) is 19.4 Å². The van der Waals surface area contributed by atoms with E-state index in [4.69, 9.17) is 0 Å². The van der Waals surface area contributed by atoms with Crippen LogP contribution in [-0.2, 0) is 6.54 Å². The first-order chi connectivity index (χ1) is 11.6. The van der Waals surface area contributed by atoms with Crippen molar-refractivity contribution >= 4 is 11.4 Å². The van der Waals surface area contributed by atoms with Gasteiger partial charge in [-0.2, -0.15) is 0 Å². The van der Waals surface area contributed by atoms with E-state index in [9.17, 15) is 4.39 Å². The van der Waals surface area contributed by atoms with E-state index < -0.39 is 0 Å². The Bertz CT molecular complexity index is 629. The van der Waals surface area contributed by atoms with Crippen LogP contribution in [0.15, 0.2) is 48.5 Å². The monoisotopic (exact) mass is 327 g/mol. The molecule has 3 rings (SSSR count). The molecule has 0 amide bonds. The molecule has 0 saturated carbocycles. The number of hydrogen-bond donors (Lipinski definition) is 1. The van der Waals surface area contributed by atoms with Crippen LogP contribution in [0.5, 0.6) is 0 Å². The quantitative estimate of drug-likeness (QED) is 0.896. The van der Waals surface area contributed by atoms with Gasteiger partial charge in [0.1, 0.15) is 5.82 Å². The van der Waals surface area contributed by atoms with Crippen LogP contribution in [0, 0.1) is 5.82 Å². The second kappa shape index (κ2) is 7.67. The molecule has 0 atom stereocenters. The molecule has 1 aliphatic heterocycles. The number of nitrogens with one attached hydrogen (secondary N) is 1. The van der Waals surface area contributed by atoms with Crippen LogP contribution in [0.4, 0.5) is 15.8 Å². The molecule has 2 aromatic rings. The zero-order valence-corrected chi connectivity index (χ0v) is 14.5. The maximum absolute atomic E-state index is 12.9. The molecule has 1 fully saturated rings. The lowest BCUT2D eigenvalue weighted by atomic mass is 10.2. The lowest BCUT2D eigenvalue weighted by Crippen LogP contribution is -2.48. The van der Waals surface area contributed by atoms with Crippen molar-refractivity contribution in [3.8, 4) is 0 Å². The third-order valence-electron chi connectivity index (χ3n) is 4.69. The number of hydrogen-bond acceptors (Lipinski definition) is 3. The van der Waals surface area contributed by atoms with Crippen molar-refractivity contribution in [2.24, 2.45) is 0 Å². The standard InChI is InChI=1S/C20H26FN3/c1-16(2)23-11-13-24(14-12-23)20-9-7-19(8-10-20)22-15-17-3-5-18(21)6-4-17/h3-10,16,22H,11-15H2,1-2H3. The zero-order chi connectivity index (χ0) is 16.9. The molecule has 24 heavy (non-hydrogen) atoms. The van der Waals surface area contributed by atoms with Gasteiger partial charge in [0.15, 0.2) is 0 Å². The number of halogens is 1. The summed E-state index contributed by atoms with van der Waals surface area (Å²) in [6.45, 7) is 9.65. The highest BCUT2D eigenvalue weighted by Gasteiger charge is 2.18. The van der Waals surface area contributed by atoms with Crippen molar-refractivity contribution in [1.29, 1.82) is 0 Å². The third-order valence-corrected chi connectivity index (χ3v) is 4.69. The second-order valence-corrected chi connectivity index (χ2v) is 6.64. The molecule has 0 radical (unpaired) electrons. The predicted octanol–water partition coefficient (Wildman–Crippen LogP) is 3.97. The molecule has 0 spiro atoms. The summed E-state index contributed by atoms with van der Waals surface area (Å²) >= 11 is 0. The van der Waals surface area contributed by atoms with Crippen molar-refractivity contribution in [1.82, 2.24) is 4.90 Å². The van der Waals surface area contributed by atoms with Gasteiger partial charge in [-0.25, -0.2) is 4.39 Å². The predicted molar refractivity (Wildman–Crippen MR) is 99.1 cm³/mol. The van der Waals surface area contributed by atoms with Gasteiger partial charge in [-0.15, -0.1) is 0 Å². The molecular weight excluding hydrogens is 301 g/mol. The molecule has 4 heteroatoms. The molecule has 1 saturated heterocycles. The maximum atomic E-state index is 12.9. The highest BCUT2D eigenvalue weighted by atomic mass is 19.1. The number of rotatable bonds is 5. The van der Waals surface area contributed by atoms with Gasteiger partial charge < -0.3 is 10.2 Å². The van der Waals surface area contributed by atoms with Gasteiger partial charge in [-0.1, -0.05) is 12.1 Å². The van der Waals surface area contributed by atoms with E-state index in [-0.39, 0.29) is 5.82 Å². The summed E-state index contributed by atoms with van der Waals surface area (Å²) < 4.78 is 12.9. The van der Waals surface area contributed by atoms with Gasteiger partial charge >= 0.3 is 0 Å². The van der Waals surface area contributed by atoms with Crippen molar-refractivity contribution in [3.63, 3.8) is 0 Å². The number of nitrogens with zero attached hydrogens (tertiary/aromatic N) is 2. The van der Waals surface area contributed by atoms with Crippen LogP contribution in [0.2, 0.25) is 0 Å². The summed E-state index contributed by atoms with van der Waals surface area (Å²) in [6.07, 6.45) is 0. The van der Waals surface area contributed by atoms with Crippen LogP contribution in [0.25, 0.3) is 0 Å². The third kappa shape index (κ3) is 4.26. The fourth-order valence-corrected chi connectivity index (χ4v) is 3.09. The molecule has 0 aliphatic carbocycles. The Morgan fingerprint density at radius 3 is 2.12 bits per heavy atom. The molecule has 0 aromatic heterocycles. The Hall–Kier alpha value is -2.07. The van der Waals surface area contributed by atoms with E-state index in [0.717, 1.165) is 37.4 Å². The number of anilines is 2. The van der Waals surface area contributed by atoms with Crippen LogP contribution in [0.3, 0.4) is 0 Å². The lowest BCUT2D eigenvalue weighted by Gasteiger charge is -2.38. The average molecular weight is 327 g/mol. The first-order valence-corrected chi connectivity index (χ1v) is 8.69. The van der Waals surface area contributed by atoms with E-state index in [1.54, 1.807) is 0 Å². The number of piperazine rings is 1. The molecule has 2 aromatic carbocycles. The van der Waals surface area contributed by atoms with Crippen molar-refractivity contribution in [2.45, 2.75) is 26.4 Å². The van der Waals surface area contributed by atoms with Gasteiger partial charge in [0.25, 0.3) is 0 Å². The number of benzene rings is 2. The van der Waals surface area contributed by atoms with Gasteiger partial charge in [-0.05, 0) is 55.8 Å². The zero-order valence-electron chi connectivity index (χ0n) is 14.5. The van der Waals surface area contributed by atoms with E-state index >= 15 is 0 Å². The molecular formula is C20H26FN3. The Morgan fingerprint density at radius 1 is 0.917 bits per heavy atom. The Morgan fingerprint density at radius 2 is 1.54 bits per heavy atom. The second-order valence-electron chi connectivity index (χ2n) is 6.64. The Balaban J connectivity index is 1.53. The minimum Gasteiger partial charge on any atom is -0.381 e. The summed E-state index contributed by atoms with van der Waals surface area (Å²) in [7, 11) is 0. The Labute approximate surface area is 144 Å². The summed E-state index contributed by atoms with van der Waals surface area (Å²) in [6, 6.07) is 15.8. The summed E-state index contributed by atoms with van der Waals surface area (Å²) in [5.41, 5.74) is 3.44. The fourth-order valence-electron chi connectivity index (χ4n) is 3.09. The van der Waals surface area contributed by atoms with E-state index in [2.05, 4.69) is 53.2 Å². The molecule has 0 unspecified atom stereocenters. The average Bonchev–Trinajstić information content (AvgIpc) is 2.62. The van der Waals surface area contributed by atoms with Crippen molar-refractivity contribution in [2.75, 3.05) is 36.4 Å². The van der Waals surface area contributed by atoms with Gasteiger partial charge in [0.05, 0.1) is 0 Å². The lowest BCUT2D eigenvalue weighted by molar-refractivity contribution is 0.209. The largest absolute Gasteiger partial charge is 0.381 e. The fraction of sp³-hybridized carbons (Fsp3) is 0.400. The van der Waals surface area contributed by atoms with Crippen LogP contribution < -0.4 is 10.2 Å². The minimum atomic E-state index is -0.194. The van der Waals surface area contributed by atoms with Crippen molar-refractivity contribution in [3.05, 3.63) is 59.9 Å². The van der Waals surface area contributed by atoms with Crippen molar-refractivity contribution < 1.29 is 4.39 Å². The first-order valence-electron chi connectivity index (χ1n) is 8.69. The first kappa shape index (κ1) is 16.8. The smallest absolute Gasteiger partial charge is 0.123 e. The normalized spacial score (nSPS) is 15.8. The SMILES string of the molecule is CC(C)N1CCN(c2ccc(NCc3ccc(F)cc3)cc2)CC1. The minimum absolute atomic E-state index is 0.194. The summed E-state index contributed by atoms with van der Waals surface area (Å²) in [5.74, 6) is -0.194. The van der Waals surface area contributed by atoms with Gasteiger partial charge in [0.2, 0.25) is 0 Å². The summed E-state index contributed by atoms with van der Waals surface area (Å²) in [5, 5.41) is 3.38. The topological polar surface area (TPSA) is 18.5 Å². The highest BCUT2D eigenvalue weighted by molar-refractivity contribution is 5.55. The molecule has 128 valence electrons. The van der Waals surface area contributed by atoms with Gasteiger partial charge in [0, 0.05) is 50.1 Å². The molecule has 1 aliphatic rings. The van der Waals surface area contributed by atoms with Crippen LogP contribution >= 0.6 is 0 Å². The van der Waals surface area contributed by atoms with E-state index in [0.29, 0.717) is 12.6 Å². The van der Waals surface area contributed by atoms with Gasteiger partial charge in [-0.3, -0.25) is 4.90 Å². The van der Waals surface area contributed by atoms with E-state index in [1.165, 1.54) is 17.8 Å². The van der Waals surface area contributed by atoms with Crippen LogP contribution in [-0.4, -0.2) is 37.1 Å². The van der Waals surface area contributed by atoms with E-state index in [1.807, 2.05) is 12.1 Å². The molecule has 3 nitrogen and oxygen atoms in total. The summed E-state index contributed by atoms with van der Waals surface area (Å²) in [4.78, 5) is 4.97. The maximum Gasteiger partial charge on any atom is 0.123 e. The molecule has 1 heterocycles. The molecule has 1 N–H and O–H groups in total. The molecule has 0 bridgehead atoms. The Kier molecular flexibility index (Phi) is 5.36. The highest BCUT2D eigenvalue weighted by Crippen LogP contribution is 2.20.